The smallest absolute Gasteiger partial charge is 0.373 e. The summed E-state index contributed by atoms with van der Waals surface area (Å²) < 4.78 is 45.8. The van der Waals surface area contributed by atoms with Gasteiger partial charge in [-0.25, -0.2) is 0 Å². The van der Waals surface area contributed by atoms with Crippen LogP contribution in [0.2, 0.25) is 0 Å². The lowest BCUT2D eigenvalue weighted by Gasteiger charge is -2.18. The Kier molecular flexibility index (Phi) is 2.51. The minimum absolute atomic E-state index is 0.0720. The Balaban J connectivity index is 1.68. The molecule has 3 atom stereocenters. The molecule has 8 heteroatoms. The van der Waals surface area contributed by atoms with Crippen molar-refractivity contribution in [2.24, 2.45) is 0 Å². The first kappa shape index (κ1) is 11.2. The molecule has 17 heavy (non-hydrogen) atoms. The molecule has 1 aromatic rings. The number of alkyl halides is 3. The van der Waals surface area contributed by atoms with Crippen LogP contribution in [0.3, 0.4) is 0 Å². The van der Waals surface area contributed by atoms with E-state index in [1.165, 1.54) is 0 Å². The highest BCUT2D eigenvalue weighted by molar-refractivity contribution is 7.09. The Bertz CT molecular complexity index is 422. The van der Waals surface area contributed by atoms with E-state index in [1.807, 2.05) is 0 Å². The number of nitrogens with zero attached hydrogens (tertiary/aromatic N) is 2. The van der Waals surface area contributed by atoms with Crippen LogP contribution < -0.4 is 5.32 Å². The molecule has 2 fully saturated rings. The minimum atomic E-state index is -4.47. The molecule has 2 aliphatic rings. The van der Waals surface area contributed by atoms with Gasteiger partial charge in [0.15, 0.2) is 0 Å². The van der Waals surface area contributed by atoms with Gasteiger partial charge < -0.3 is 10.1 Å². The van der Waals surface area contributed by atoms with E-state index in [2.05, 4.69) is 14.7 Å². The maximum atomic E-state index is 12.3. The molecule has 0 amide bonds. The Morgan fingerprint density at radius 1 is 1.35 bits per heavy atom. The predicted molar refractivity (Wildman–Crippen MR) is 54.8 cm³/mol. The fourth-order valence-corrected chi connectivity index (χ4v) is 2.99. The van der Waals surface area contributed by atoms with Crippen LogP contribution in [0.5, 0.6) is 0 Å². The number of aromatic nitrogens is 2. The lowest BCUT2D eigenvalue weighted by molar-refractivity contribution is -0.144. The summed E-state index contributed by atoms with van der Waals surface area (Å²) >= 11 is 0.743. The Morgan fingerprint density at radius 3 is 2.71 bits per heavy atom. The van der Waals surface area contributed by atoms with Crippen LogP contribution in [0.4, 0.5) is 18.3 Å². The third kappa shape index (κ3) is 2.11. The summed E-state index contributed by atoms with van der Waals surface area (Å²) in [7, 11) is 0. The molecule has 4 nitrogen and oxygen atoms in total. The first-order valence-corrected chi connectivity index (χ1v) is 6.12. The highest BCUT2D eigenvalue weighted by atomic mass is 32.1. The molecule has 0 spiro atoms. The predicted octanol–water partition coefficient (Wildman–Crippen LogP) is 2.29. The fraction of sp³-hybridized carbons (Fsp3) is 0.778. The van der Waals surface area contributed by atoms with Crippen LogP contribution in [-0.4, -0.2) is 27.6 Å². The molecule has 2 saturated heterocycles. The highest BCUT2D eigenvalue weighted by Gasteiger charge is 2.42. The van der Waals surface area contributed by atoms with E-state index in [4.69, 9.17) is 4.74 Å². The van der Waals surface area contributed by atoms with Crippen LogP contribution in [0.15, 0.2) is 0 Å². The van der Waals surface area contributed by atoms with Crippen molar-refractivity contribution < 1.29 is 17.9 Å². The zero-order valence-electron chi connectivity index (χ0n) is 8.70. The van der Waals surface area contributed by atoms with Gasteiger partial charge >= 0.3 is 6.18 Å². The molecule has 2 bridgehead atoms. The van der Waals surface area contributed by atoms with Gasteiger partial charge in [0.25, 0.3) is 0 Å². The molecule has 0 aliphatic carbocycles. The molecule has 0 radical (unpaired) electrons. The average Bonchev–Trinajstić information content (AvgIpc) is 2.89. The second-order valence-corrected chi connectivity index (χ2v) is 5.03. The average molecular weight is 265 g/mol. The van der Waals surface area contributed by atoms with Crippen molar-refractivity contribution in [3.63, 3.8) is 0 Å². The van der Waals surface area contributed by atoms with Gasteiger partial charge in [0.1, 0.15) is 0 Å². The zero-order valence-corrected chi connectivity index (χ0v) is 9.51. The summed E-state index contributed by atoms with van der Waals surface area (Å²) in [5, 5.41) is 3.21. The molecule has 94 valence electrons. The monoisotopic (exact) mass is 265 g/mol. The van der Waals surface area contributed by atoms with Crippen LogP contribution >= 0.6 is 11.5 Å². The minimum Gasteiger partial charge on any atom is -0.373 e. The Morgan fingerprint density at radius 2 is 2.18 bits per heavy atom. The third-order valence-electron chi connectivity index (χ3n) is 3.09. The molecule has 0 aromatic carbocycles. The van der Waals surface area contributed by atoms with Crippen molar-refractivity contribution in [1.82, 2.24) is 9.36 Å². The number of halogens is 3. The number of rotatable bonds is 2. The molecule has 1 aromatic heterocycles. The lowest BCUT2D eigenvalue weighted by Crippen LogP contribution is -2.30. The standard InChI is InChI=1S/C9H10F3N3OS/c10-9(11,12)7-14-8(17-15-7)13-5-3-4-1-2-6(5)16-4/h4-6H,1-3H2,(H,13,14,15). The molecule has 0 saturated carbocycles. The first-order chi connectivity index (χ1) is 8.02. The molecule has 3 rings (SSSR count). The maximum Gasteiger partial charge on any atom is 0.452 e. The van der Waals surface area contributed by atoms with E-state index < -0.39 is 12.0 Å². The van der Waals surface area contributed by atoms with Crippen molar-refractivity contribution in [2.75, 3.05) is 5.32 Å². The van der Waals surface area contributed by atoms with E-state index in [0.717, 1.165) is 30.8 Å². The second-order valence-electron chi connectivity index (χ2n) is 4.28. The number of fused-ring (bicyclic) bond motifs is 2. The van der Waals surface area contributed by atoms with Crippen LogP contribution in [0.1, 0.15) is 25.1 Å². The molecule has 3 unspecified atom stereocenters. The van der Waals surface area contributed by atoms with Crippen molar-refractivity contribution in [2.45, 2.75) is 43.7 Å². The summed E-state index contributed by atoms with van der Waals surface area (Å²) in [6, 6.07) is 0.0720. The summed E-state index contributed by atoms with van der Waals surface area (Å²) in [6.45, 7) is 0. The first-order valence-electron chi connectivity index (χ1n) is 5.35. The Hall–Kier alpha value is -0.890. The van der Waals surface area contributed by atoms with Crippen molar-refractivity contribution in [3.05, 3.63) is 5.82 Å². The topological polar surface area (TPSA) is 47.0 Å². The quantitative estimate of drug-likeness (QED) is 0.891. The highest BCUT2D eigenvalue weighted by Crippen LogP contribution is 2.36. The molecule has 2 aliphatic heterocycles. The third-order valence-corrected chi connectivity index (χ3v) is 3.74. The van der Waals surface area contributed by atoms with Gasteiger partial charge in [-0.1, -0.05) is 0 Å². The summed E-state index contributed by atoms with van der Waals surface area (Å²) in [5.74, 6) is -1.07. The van der Waals surface area contributed by atoms with Gasteiger partial charge in [0.2, 0.25) is 11.0 Å². The number of hydrogen-bond donors (Lipinski definition) is 1. The van der Waals surface area contributed by atoms with E-state index in [0.29, 0.717) is 0 Å². The van der Waals surface area contributed by atoms with E-state index in [1.54, 1.807) is 0 Å². The van der Waals surface area contributed by atoms with E-state index in [9.17, 15) is 13.2 Å². The summed E-state index contributed by atoms with van der Waals surface area (Å²) in [5.41, 5.74) is 0. The van der Waals surface area contributed by atoms with Crippen molar-refractivity contribution in [3.8, 4) is 0 Å². The van der Waals surface area contributed by atoms with Crippen molar-refractivity contribution >= 4 is 16.7 Å². The van der Waals surface area contributed by atoms with Gasteiger partial charge in [-0.15, -0.1) is 0 Å². The van der Waals surface area contributed by atoms with E-state index >= 15 is 0 Å². The van der Waals surface area contributed by atoms with Gasteiger partial charge in [-0.05, 0) is 19.3 Å². The van der Waals surface area contributed by atoms with Crippen LogP contribution in [-0.2, 0) is 10.9 Å². The fourth-order valence-electron chi connectivity index (χ4n) is 2.35. The lowest BCUT2D eigenvalue weighted by atomic mass is 9.96. The number of anilines is 1. The van der Waals surface area contributed by atoms with Gasteiger partial charge in [0.05, 0.1) is 18.2 Å². The molecule has 3 heterocycles. The maximum absolute atomic E-state index is 12.3. The Labute approximate surface area is 99.4 Å². The van der Waals surface area contributed by atoms with Crippen molar-refractivity contribution in [1.29, 1.82) is 0 Å². The number of hydrogen-bond acceptors (Lipinski definition) is 5. The molecular formula is C9H10F3N3OS. The van der Waals surface area contributed by atoms with Gasteiger partial charge in [-0.3, -0.25) is 0 Å². The molecular weight excluding hydrogens is 255 g/mol. The SMILES string of the molecule is FC(F)(F)c1nsc(NC2CC3CCC2O3)n1. The normalized spacial score (nSPS) is 32.1. The van der Waals surface area contributed by atoms with Gasteiger partial charge in [-0.2, -0.15) is 22.5 Å². The van der Waals surface area contributed by atoms with Gasteiger partial charge in [0, 0.05) is 11.5 Å². The summed E-state index contributed by atoms with van der Waals surface area (Å²) in [4.78, 5) is 3.44. The molecule has 1 N–H and O–H groups in total. The van der Waals surface area contributed by atoms with E-state index in [-0.39, 0.29) is 23.4 Å². The number of ether oxygens (including phenoxy) is 1. The second kappa shape index (κ2) is 3.81. The van der Waals surface area contributed by atoms with Crippen LogP contribution in [0, 0.1) is 0 Å². The summed E-state index contributed by atoms with van der Waals surface area (Å²) in [6.07, 6.45) is -1.25. The number of nitrogens with one attached hydrogen (secondary N) is 1. The zero-order chi connectivity index (χ0) is 12.0. The van der Waals surface area contributed by atoms with Crippen LogP contribution in [0.25, 0.3) is 0 Å². The largest absolute Gasteiger partial charge is 0.452 e.